The van der Waals surface area contributed by atoms with Crippen molar-refractivity contribution in [1.82, 2.24) is 15.0 Å². The van der Waals surface area contributed by atoms with Gasteiger partial charge >= 0.3 is 6.18 Å². The zero-order valence-electron chi connectivity index (χ0n) is 13.2. The van der Waals surface area contributed by atoms with Gasteiger partial charge in [-0.05, 0) is 31.0 Å². The third-order valence-electron chi connectivity index (χ3n) is 3.95. The van der Waals surface area contributed by atoms with Gasteiger partial charge in [-0.3, -0.25) is 4.79 Å². The fraction of sp³-hybridized carbons (Fsp3) is 0.375. The van der Waals surface area contributed by atoms with Crippen molar-refractivity contribution in [2.24, 2.45) is 5.92 Å². The van der Waals surface area contributed by atoms with Crippen molar-refractivity contribution < 1.29 is 18.0 Å². The summed E-state index contributed by atoms with van der Waals surface area (Å²) in [7, 11) is 0. The maximum absolute atomic E-state index is 12.5. The molecule has 1 aliphatic heterocycles. The molecule has 0 unspecified atom stereocenters. The molecule has 3 rings (SSSR count). The molecule has 2 aromatic heterocycles. The third-order valence-corrected chi connectivity index (χ3v) is 3.95. The Kier molecular flexibility index (Phi) is 4.82. The minimum absolute atomic E-state index is 0.242. The highest BCUT2D eigenvalue weighted by atomic mass is 19.4. The Bertz CT molecular complexity index is 721. The monoisotopic (exact) mass is 351 g/mol. The van der Waals surface area contributed by atoms with E-state index in [0.29, 0.717) is 18.9 Å². The maximum atomic E-state index is 12.5. The van der Waals surface area contributed by atoms with Crippen LogP contribution in [0.3, 0.4) is 0 Å². The average molecular weight is 351 g/mol. The first-order chi connectivity index (χ1) is 11.9. The van der Waals surface area contributed by atoms with Gasteiger partial charge in [0.25, 0.3) is 0 Å². The first-order valence-electron chi connectivity index (χ1n) is 7.79. The Morgan fingerprint density at radius 1 is 1.20 bits per heavy atom. The number of piperidine rings is 1. The summed E-state index contributed by atoms with van der Waals surface area (Å²) in [4.78, 5) is 26.0. The second-order valence-electron chi connectivity index (χ2n) is 5.75. The van der Waals surface area contributed by atoms with E-state index in [9.17, 15) is 18.0 Å². The highest BCUT2D eigenvalue weighted by Crippen LogP contribution is 2.28. The highest BCUT2D eigenvalue weighted by Gasteiger charge is 2.32. The SMILES string of the molecule is O=C(Nc1ccc(C(F)(F)F)nc1)[C@@H]1CCCN(c2ncccn2)C1. The molecule has 6 nitrogen and oxygen atoms in total. The van der Waals surface area contributed by atoms with Gasteiger partial charge in [-0.1, -0.05) is 0 Å². The van der Waals surface area contributed by atoms with E-state index in [0.717, 1.165) is 25.2 Å². The molecule has 0 spiro atoms. The molecule has 0 saturated carbocycles. The molecule has 2 aromatic rings. The van der Waals surface area contributed by atoms with Crippen molar-refractivity contribution in [2.45, 2.75) is 19.0 Å². The van der Waals surface area contributed by atoms with Gasteiger partial charge in [0, 0.05) is 25.5 Å². The van der Waals surface area contributed by atoms with Crippen LogP contribution in [-0.2, 0) is 11.0 Å². The van der Waals surface area contributed by atoms with Crippen LogP contribution in [0.5, 0.6) is 0 Å². The van der Waals surface area contributed by atoms with Crippen molar-refractivity contribution >= 4 is 17.5 Å². The van der Waals surface area contributed by atoms with Gasteiger partial charge < -0.3 is 10.2 Å². The molecule has 3 heterocycles. The van der Waals surface area contributed by atoms with Crippen molar-refractivity contribution in [3.8, 4) is 0 Å². The highest BCUT2D eigenvalue weighted by molar-refractivity contribution is 5.92. The number of carbonyl (C=O) groups excluding carboxylic acids is 1. The van der Waals surface area contributed by atoms with Crippen LogP contribution in [0.1, 0.15) is 18.5 Å². The van der Waals surface area contributed by atoms with E-state index >= 15 is 0 Å². The summed E-state index contributed by atoms with van der Waals surface area (Å²) < 4.78 is 37.5. The van der Waals surface area contributed by atoms with Crippen molar-refractivity contribution in [2.75, 3.05) is 23.3 Å². The number of carbonyl (C=O) groups is 1. The summed E-state index contributed by atoms with van der Waals surface area (Å²) >= 11 is 0. The summed E-state index contributed by atoms with van der Waals surface area (Å²) in [6.45, 7) is 1.22. The van der Waals surface area contributed by atoms with Crippen LogP contribution in [-0.4, -0.2) is 33.9 Å². The number of hydrogen-bond acceptors (Lipinski definition) is 5. The first-order valence-corrected chi connectivity index (χ1v) is 7.79. The molecule has 0 radical (unpaired) electrons. The lowest BCUT2D eigenvalue weighted by Gasteiger charge is -2.31. The van der Waals surface area contributed by atoms with Gasteiger partial charge in [0.05, 0.1) is 17.8 Å². The lowest BCUT2D eigenvalue weighted by Crippen LogP contribution is -2.41. The summed E-state index contributed by atoms with van der Waals surface area (Å²) in [6, 6.07) is 3.77. The Hall–Kier alpha value is -2.71. The van der Waals surface area contributed by atoms with Gasteiger partial charge in [0.2, 0.25) is 11.9 Å². The second kappa shape index (κ2) is 7.04. The molecule has 1 saturated heterocycles. The summed E-state index contributed by atoms with van der Waals surface area (Å²) in [5.41, 5.74) is -0.748. The summed E-state index contributed by atoms with van der Waals surface area (Å²) in [6.07, 6.45) is 1.30. The average Bonchev–Trinajstić information content (AvgIpc) is 2.62. The molecule has 1 N–H and O–H groups in total. The van der Waals surface area contributed by atoms with Crippen LogP contribution in [0.15, 0.2) is 36.8 Å². The van der Waals surface area contributed by atoms with Gasteiger partial charge in [-0.25, -0.2) is 15.0 Å². The first kappa shape index (κ1) is 17.1. The molecular weight excluding hydrogens is 335 g/mol. The van der Waals surface area contributed by atoms with Crippen LogP contribution in [0.4, 0.5) is 24.8 Å². The number of aromatic nitrogens is 3. The zero-order chi connectivity index (χ0) is 17.9. The van der Waals surface area contributed by atoms with Crippen molar-refractivity contribution in [3.05, 3.63) is 42.5 Å². The number of halogens is 3. The van der Waals surface area contributed by atoms with E-state index in [1.807, 2.05) is 4.90 Å². The van der Waals surface area contributed by atoms with E-state index in [2.05, 4.69) is 20.3 Å². The van der Waals surface area contributed by atoms with Crippen molar-refractivity contribution in [1.29, 1.82) is 0 Å². The van der Waals surface area contributed by atoms with E-state index in [4.69, 9.17) is 0 Å². The van der Waals surface area contributed by atoms with Gasteiger partial charge in [0.1, 0.15) is 5.69 Å². The Labute approximate surface area is 142 Å². The molecule has 0 aromatic carbocycles. The molecule has 0 bridgehead atoms. The topological polar surface area (TPSA) is 71.0 Å². The van der Waals surface area contributed by atoms with Gasteiger partial charge in [-0.2, -0.15) is 13.2 Å². The molecular formula is C16H16F3N5O. The minimum atomic E-state index is -4.50. The Balaban J connectivity index is 1.63. The van der Waals surface area contributed by atoms with Crippen molar-refractivity contribution in [3.63, 3.8) is 0 Å². The normalized spacial score (nSPS) is 18.0. The smallest absolute Gasteiger partial charge is 0.340 e. The standard InChI is InChI=1S/C16H16F3N5O/c17-16(18,19)13-5-4-12(9-22-13)23-14(25)11-3-1-8-24(10-11)15-20-6-2-7-21-15/h2,4-7,9,11H,1,3,8,10H2,(H,23,25)/t11-/m1/s1. The molecule has 1 aliphatic rings. The molecule has 25 heavy (non-hydrogen) atoms. The molecule has 1 atom stereocenters. The van der Waals surface area contributed by atoms with Gasteiger partial charge in [0.15, 0.2) is 0 Å². The molecule has 132 valence electrons. The summed E-state index contributed by atoms with van der Waals surface area (Å²) in [5, 5.41) is 2.63. The number of amides is 1. The summed E-state index contributed by atoms with van der Waals surface area (Å²) in [5.74, 6) is 0.0261. The number of anilines is 2. The lowest BCUT2D eigenvalue weighted by atomic mass is 9.97. The number of nitrogens with one attached hydrogen (secondary N) is 1. The molecule has 9 heteroatoms. The fourth-order valence-corrected chi connectivity index (χ4v) is 2.71. The third kappa shape index (κ3) is 4.23. The Morgan fingerprint density at radius 2 is 1.96 bits per heavy atom. The van der Waals surface area contributed by atoms with Crippen LogP contribution in [0.25, 0.3) is 0 Å². The number of nitrogens with zero attached hydrogens (tertiary/aromatic N) is 4. The van der Waals surface area contributed by atoms with E-state index < -0.39 is 11.9 Å². The van der Waals surface area contributed by atoms with E-state index in [1.54, 1.807) is 18.5 Å². The van der Waals surface area contributed by atoms with Crippen LogP contribution >= 0.6 is 0 Å². The van der Waals surface area contributed by atoms with Crippen LogP contribution < -0.4 is 10.2 Å². The largest absolute Gasteiger partial charge is 0.433 e. The van der Waals surface area contributed by atoms with E-state index in [1.165, 1.54) is 6.07 Å². The Morgan fingerprint density at radius 3 is 2.60 bits per heavy atom. The number of rotatable bonds is 3. The molecule has 0 aliphatic carbocycles. The number of alkyl halides is 3. The number of hydrogen-bond donors (Lipinski definition) is 1. The maximum Gasteiger partial charge on any atom is 0.433 e. The zero-order valence-corrected chi connectivity index (χ0v) is 13.2. The fourth-order valence-electron chi connectivity index (χ4n) is 2.71. The predicted octanol–water partition coefficient (Wildman–Crippen LogP) is 2.75. The predicted molar refractivity (Wildman–Crippen MR) is 84.8 cm³/mol. The quantitative estimate of drug-likeness (QED) is 0.921. The van der Waals surface area contributed by atoms with Crippen LogP contribution in [0, 0.1) is 5.92 Å². The minimum Gasteiger partial charge on any atom is -0.340 e. The van der Waals surface area contributed by atoms with E-state index in [-0.39, 0.29) is 17.5 Å². The molecule has 1 amide bonds. The van der Waals surface area contributed by atoms with Gasteiger partial charge in [-0.15, -0.1) is 0 Å². The molecule has 1 fully saturated rings. The lowest BCUT2D eigenvalue weighted by molar-refractivity contribution is -0.141. The number of pyridine rings is 1. The van der Waals surface area contributed by atoms with Crippen LogP contribution in [0.2, 0.25) is 0 Å². The second-order valence-corrected chi connectivity index (χ2v) is 5.75.